The van der Waals surface area contributed by atoms with Crippen molar-refractivity contribution in [3.05, 3.63) is 40.3 Å². The van der Waals surface area contributed by atoms with Gasteiger partial charge in [-0.25, -0.2) is 4.98 Å². The van der Waals surface area contributed by atoms with Crippen LogP contribution in [0.5, 0.6) is 11.6 Å². The van der Waals surface area contributed by atoms with Crippen LogP contribution in [0.3, 0.4) is 0 Å². The number of hydrogen-bond acceptors (Lipinski definition) is 4. The van der Waals surface area contributed by atoms with Gasteiger partial charge in [-0.1, -0.05) is 22.9 Å². The largest absolute Gasteiger partial charge is 0.437 e. The zero-order chi connectivity index (χ0) is 13.1. The highest BCUT2D eigenvalue weighted by Crippen LogP contribution is 2.29. The molecule has 0 radical (unpaired) electrons. The maximum Gasteiger partial charge on any atom is 0.222 e. The molecular weight excluding hydrogens is 294 g/mol. The Kier molecular flexibility index (Phi) is 3.81. The summed E-state index contributed by atoms with van der Waals surface area (Å²) < 4.78 is 6.61. The molecule has 0 atom stereocenters. The van der Waals surface area contributed by atoms with Crippen LogP contribution in [-0.4, -0.2) is 9.97 Å². The lowest BCUT2D eigenvalue weighted by atomic mass is 10.3. The standard InChI is InChI=1S/C13H14BrN3O/c1-3-12-16-8(2)6-13(17-12)18-11-5-4-9(14)7-10(11)15/h4-7H,3,15H2,1-2H3. The van der Waals surface area contributed by atoms with E-state index >= 15 is 0 Å². The summed E-state index contributed by atoms with van der Waals surface area (Å²) in [6.45, 7) is 3.92. The lowest BCUT2D eigenvalue weighted by molar-refractivity contribution is 0.460. The van der Waals surface area contributed by atoms with Crippen LogP contribution in [-0.2, 0) is 6.42 Å². The van der Waals surface area contributed by atoms with Gasteiger partial charge in [0.05, 0.1) is 5.69 Å². The van der Waals surface area contributed by atoms with Crippen molar-refractivity contribution in [1.82, 2.24) is 9.97 Å². The number of aromatic nitrogens is 2. The second kappa shape index (κ2) is 5.35. The molecule has 5 heteroatoms. The number of hydrogen-bond donors (Lipinski definition) is 1. The van der Waals surface area contributed by atoms with E-state index in [4.69, 9.17) is 10.5 Å². The highest BCUT2D eigenvalue weighted by atomic mass is 79.9. The summed E-state index contributed by atoms with van der Waals surface area (Å²) in [7, 11) is 0. The smallest absolute Gasteiger partial charge is 0.222 e. The third-order valence-corrected chi connectivity index (χ3v) is 2.87. The van der Waals surface area contributed by atoms with E-state index in [1.807, 2.05) is 26.0 Å². The number of halogens is 1. The summed E-state index contributed by atoms with van der Waals surface area (Å²) in [5.41, 5.74) is 7.33. The van der Waals surface area contributed by atoms with Gasteiger partial charge in [0.25, 0.3) is 0 Å². The molecule has 0 saturated heterocycles. The van der Waals surface area contributed by atoms with Gasteiger partial charge < -0.3 is 10.5 Å². The minimum absolute atomic E-state index is 0.522. The van der Waals surface area contributed by atoms with Gasteiger partial charge in [-0.3, -0.25) is 0 Å². The number of ether oxygens (including phenoxy) is 1. The van der Waals surface area contributed by atoms with Crippen molar-refractivity contribution >= 4 is 21.6 Å². The molecule has 0 saturated carbocycles. The average molecular weight is 308 g/mol. The topological polar surface area (TPSA) is 61.0 Å². The molecule has 1 aromatic heterocycles. The first-order valence-corrected chi connectivity index (χ1v) is 6.45. The Bertz CT molecular complexity index is 572. The Labute approximate surface area is 114 Å². The molecule has 1 heterocycles. The molecule has 2 rings (SSSR count). The summed E-state index contributed by atoms with van der Waals surface area (Å²) in [4.78, 5) is 8.61. The first-order chi connectivity index (χ1) is 8.58. The van der Waals surface area contributed by atoms with Gasteiger partial charge >= 0.3 is 0 Å². The number of nitrogens with two attached hydrogens (primary N) is 1. The second-order valence-corrected chi connectivity index (χ2v) is 4.82. The van der Waals surface area contributed by atoms with Gasteiger partial charge in [-0.15, -0.1) is 0 Å². The van der Waals surface area contributed by atoms with Crippen molar-refractivity contribution in [2.24, 2.45) is 0 Å². The van der Waals surface area contributed by atoms with Crippen LogP contribution in [0.15, 0.2) is 28.7 Å². The minimum Gasteiger partial charge on any atom is -0.437 e. The molecule has 0 fully saturated rings. The zero-order valence-electron chi connectivity index (χ0n) is 10.3. The lowest BCUT2D eigenvalue weighted by Crippen LogP contribution is -1.99. The molecule has 0 aliphatic carbocycles. The Balaban J connectivity index is 2.30. The van der Waals surface area contributed by atoms with Crippen LogP contribution in [0, 0.1) is 6.92 Å². The fourth-order valence-corrected chi connectivity index (χ4v) is 1.91. The Morgan fingerprint density at radius 2 is 2.06 bits per heavy atom. The van der Waals surface area contributed by atoms with Crippen LogP contribution in [0.1, 0.15) is 18.4 Å². The molecular formula is C13H14BrN3O. The van der Waals surface area contributed by atoms with Gasteiger partial charge in [-0.2, -0.15) is 4.98 Å². The van der Waals surface area contributed by atoms with Crippen LogP contribution in [0.2, 0.25) is 0 Å². The van der Waals surface area contributed by atoms with E-state index in [0.717, 1.165) is 22.4 Å². The monoisotopic (exact) mass is 307 g/mol. The van der Waals surface area contributed by atoms with Crippen molar-refractivity contribution < 1.29 is 4.74 Å². The van der Waals surface area contributed by atoms with E-state index in [9.17, 15) is 0 Å². The normalized spacial score (nSPS) is 10.4. The molecule has 0 aliphatic heterocycles. The summed E-state index contributed by atoms with van der Waals surface area (Å²) in [5, 5.41) is 0. The van der Waals surface area contributed by atoms with Crippen LogP contribution < -0.4 is 10.5 Å². The number of rotatable bonds is 3. The fraction of sp³-hybridized carbons (Fsp3) is 0.231. The summed E-state index contributed by atoms with van der Waals surface area (Å²) in [5.74, 6) is 1.88. The van der Waals surface area contributed by atoms with Crippen molar-refractivity contribution in [2.45, 2.75) is 20.3 Å². The number of aryl methyl sites for hydroxylation is 2. The third-order valence-electron chi connectivity index (χ3n) is 2.38. The van der Waals surface area contributed by atoms with Gasteiger partial charge in [0.1, 0.15) is 5.82 Å². The molecule has 0 unspecified atom stereocenters. The molecule has 0 bridgehead atoms. The van der Waals surface area contributed by atoms with Crippen molar-refractivity contribution in [2.75, 3.05) is 5.73 Å². The number of anilines is 1. The quantitative estimate of drug-likeness (QED) is 0.882. The zero-order valence-corrected chi connectivity index (χ0v) is 11.9. The van der Waals surface area contributed by atoms with Crippen LogP contribution in [0.4, 0.5) is 5.69 Å². The summed E-state index contributed by atoms with van der Waals surface area (Å²) in [6.07, 6.45) is 0.772. The second-order valence-electron chi connectivity index (χ2n) is 3.90. The van der Waals surface area contributed by atoms with Gasteiger partial charge in [0.15, 0.2) is 5.75 Å². The van der Waals surface area contributed by atoms with E-state index in [1.54, 1.807) is 12.1 Å². The van der Waals surface area contributed by atoms with Crippen molar-refractivity contribution in [3.8, 4) is 11.6 Å². The minimum atomic E-state index is 0.522. The average Bonchev–Trinajstić information content (AvgIpc) is 2.32. The number of nitrogens with zero attached hydrogens (tertiary/aromatic N) is 2. The molecule has 2 aromatic rings. The molecule has 2 N–H and O–H groups in total. The first-order valence-electron chi connectivity index (χ1n) is 5.66. The van der Waals surface area contributed by atoms with E-state index in [1.165, 1.54) is 0 Å². The van der Waals surface area contributed by atoms with Crippen molar-refractivity contribution in [3.63, 3.8) is 0 Å². The highest BCUT2D eigenvalue weighted by Gasteiger charge is 2.06. The fourth-order valence-electron chi connectivity index (χ4n) is 1.53. The number of benzene rings is 1. The van der Waals surface area contributed by atoms with E-state index in [-0.39, 0.29) is 0 Å². The predicted molar refractivity (Wildman–Crippen MR) is 74.8 cm³/mol. The lowest BCUT2D eigenvalue weighted by Gasteiger charge is -2.09. The third kappa shape index (κ3) is 2.98. The maximum absolute atomic E-state index is 5.88. The van der Waals surface area contributed by atoms with E-state index < -0.39 is 0 Å². The molecule has 94 valence electrons. The van der Waals surface area contributed by atoms with E-state index in [2.05, 4.69) is 25.9 Å². The Morgan fingerprint density at radius 3 is 2.72 bits per heavy atom. The first kappa shape index (κ1) is 12.8. The molecule has 0 spiro atoms. The molecule has 0 amide bonds. The molecule has 0 aliphatic rings. The van der Waals surface area contributed by atoms with Gasteiger partial charge in [0.2, 0.25) is 5.88 Å². The van der Waals surface area contributed by atoms with E-state index in [0.29, 0.717) is 17.3 Å². The predicted octanol–water partition coefficient (Wildman–Crippen LogP) is 3.48. The summed E-state index contributed by atoms with van der Waals surface area (Å²) in [6, 6.07) is 7.27. The highest BCUT2D eigenvalue weighted by molar-refractivity contribution is 9.10. The van der Waals surface area contributed by atoms with Gasteiger partial charge in [0, 0.05) is 22.7 Å². The molecule has 18 heavy (non-hydrogen) atoms. The molecule has 4 nitrogen and oxygen atoms in total. The Morgan fingerprint density at radius 1 is 1.28 bits per heavy atom. The number of nitrogen functional groups attached to an aromatic ring is 1. The maximum atomic E-state index is 5.88. The van der Waals surface area contributed by atoms with Gasteiger partial charge in [-0.05, 0) is 25.1 Å². The van der Waals surface area contributed by atoms with Crippen LogP contribution >= 0.6 is 15.9 Å². The van der Waals surface area contributed by atoms with Crippen LogP contribution in [0.25, 0.3) is 0 Å². The SMILES string of the molecule is CCc1nc(C)cc(Oc2ccc(Br)cc2N)n1. The Hall–Kier alpha value is -1.62. The molecule has 1 aromatic carbocycles. The van der Waals surface area contributed by atoms with Crippen molar-refractivity contribution in [1.29, 1.82) is 0 Å². The summed E-state index contributed by atoms with van der Waals surface area (Å²) >= 11 is 3.35.